The quantitative estimate of drug-likeness (QED) is 0.588. The van der Waals surface area contributed by atoms with E-state index in [1.165, 1.54) is 0 Å². The highest BCUT2D eigenvalue weighted by atomic mass is 16.5. The lowest BCUT2D eigenvalue weighted by Crippen LogP contribution is -2.65. The van der Waals surface area contributed by atoms with Crippen LogP contribution >= 0.6 is 0 Å². The Kier molecular flexibility index (Phi) is 2.32. The molecule has 4 nitrogen and oxygen atoms in total. The third kappa shape index (κ3) is 1.48. The summed E-state index contributed by atoms with van der Waals surface area (Å²) >= 11 is 0. The summed E-state index contributed by atoms with van der Waals surface area (Å²) in [6, 6.07) is 0. The maximum absolute atomic E-state index is 10.2. The van der Waals surface area contributed by atoms with Gasteiger partial charge in [0.2, 0.25) is 0 Å². The average Bonchev–Trinajstić information content (AvgIpc) is 2.55. The molecule has 2 saturated heterocycles. The minimum absolute atomic E-state index is 0.354. The van der Waals surface area contributed by atoms with Crippen LogP contribution in [0.1, 0.15) is 19.3 Å². The molecular weight excluding hydrogens is 170 g/mol. The normalized spacial score (nSPS) is 46.6. The molecule has 4 heteroatoms. The third-order valence-corrected chi connectivity index (χ3v) is 3.20. The molecule has 0 bridgehead atoms. The lowest BCUT2D eigenvalue weighted by molar-refractivity contribution is -0.0972. The molecule has 2 aliphatic rings. The van der Waals surface area contributed by atoms with Gasteiger partial charge in [-0.05, 0) is 12.8 Å². The molecule has 2 rings (SSSR count). The van der Waals surface area contributed by atoms with Gasteiger partial charge in [0.1, 0.15) is 5.60 Å². The molecule has 2 unspecified atom stereocenters. The number of nitrogens with two attached hydrogens (primary N) is 1. The Morgan fingerprint density at radius 1 is 1.08 bits per heavy atom. The maximum atomic E-state index is 10.2. The Balaban J connectivity index is 2.11. The Morgan fingerprint density at radius 3 is 2.38 bits per heavy atom. The van der Waals surface area contributed by atoms with E-state index in [9.17, 15) is 5.11 Å². The van der Waals surface area contributed by atoms with E-state index in [4.69, 9.17) is 15.2 Å². The molecule has 0 aliphatic carbocycles. The molecule has 2 atom stereocenters. The van der Waals surface area contributed by atoms with Crippen molar-refractivity contribution in [1.29, 1.82) is 0 Å². The lowest BCUT2D eigenvalue weighted by Gasteiger charge is -2.43. The minimum Gasteiger partial charge on any atom is -0.385 e. The predicted octanol–water partition coefficient (Wildman–Crippen LogP) is -0.354. The fourth-order valence-electron chi connectivity index (χ4n) is 2.13. The number of rotatable bonds is 1. The molecule has 2 aliphatic heterocycles. The molecule has 13 heavy (non-hydrogen) atoms. The van der Waals surface area contributed by atoms with E-state index in [1.54, 1.807) is 0 Å². The van der Waals surface area contributed by atoms with Crippen molar-refractivity contribution in [2.24, 2.45) is 5.73 Å². The minimum atomic E-state index is -0.868. The van der Waals surface area contributed by atoms with Crippen LogP contribution in [0.25, 0.3) is 0 Å². The van der Waals surface area contributed by atoms with E-state index in [0.29, 0.717) is 26.2 Å². The van der Waals surface area contributed by atoms with Crippen LogP contribution in [0.5, 0.6) is 0 Å². The summed E-state index contributed by atoms with van der Waals surface area (Å²) in [6.07, 6.45) is 2.39. The first-order chi connectivity index (χ1) is 6.16. The lowest BCUT2D eigenvalue weighted by atomic mass is 9.76. The van der Waals surface area contributed by atoms with Crippen molar-refractivity contribution >= 4 is 0 Å². The molecule has 0 aromatic carbocycles. The Labute approximate surface area is 78.0 Å². The zero-order valence-corrected chi connectivity index (χ0v) is 7.79. The molecule has 0 saturated carbocycles. The number of aliphatic hydroxyl groups is 1. The fraction of sp³-hybridized carbons (Fsp3) is 1.00. The Morgan fingerprint density at radius 2 is 1.85 bits per heavy atom. The molecular formula is C9H17NO3. The second kappa shape index (κ2) is 3.20. The molecule has 0 aromatic rings. The van der Waals surface area contributed by atoms with Gasteiger partial charge < -0.3 is 20.3 Å². The molecule has 76 valence electrons. The smallest absolute Gasteiger partial charge is 0.110 e. The van der Waals surface area contributed by atoms with Crippen molar-refractivity contribution in [3.63, 3.8) is 0 Å². The van der Waals surface area contributed by atoms with Gasteiger partial charge in [0, 0.05) is 19.6 Å². The zero-order valence-electron chi connectivity index (χ0n) is 7.79. The molecule has 3 N–H and O–H groups in total. The largest absolute Gasteiger partial charge is 0.385 e. The summed E-state index contributed by atoms with van der Waals surface area (Å²) < 4.78 is 10.5. The fourth-order valence-corrected chi connectivity index (χ4v) is 2.13. The highest BCUT2D eigenvalue weighted by Crippen LogP contribution is 2.34. The first kappa shape index (κ1) is 9.40. The van der Waals surface area contributed by atoms with Crippen LogP contribution in [0.15, 0.2) is 0 Å². The van der Waals surface area contributed by atoms with Crippen LogP contribution in [0, 0.1) is 0 Å². The monoisotopic (exact) mass is 187 g/mol. The van der Waals surface area contributed by atoms with Gasteiger partial charge >= 0.3 is 0 Å². The van der Waals surface area contributed by atoms with Crippen LogP contribution in [0.4, 0.5) is 0 Å². The highest BCUT2D eigenvalue weighted by molar-refractivity contribution is 5.06. The van der Waals surface area contributed by atoms with E-state index in [0.717, 1.165) is 19.4 Å². The van der Waals surface area contributed by atoms with Gasteiger partial charge in [-0.25, -0.2) is 0 Å². The number of ether oxygens (including phenoxy) is 2. The average molecular weight is 187 g/mol. The highest BCUT2D eigenvalue weighted by Gasteiger charge is 2.50. The zero-order chi connectivity index (χ0) is 9.36. The second-order valence-electron chi connectivity index (χ2n) is 4.15. The maximum Gasteiger partial charge on any atom is 0.110 e. The van der Waals surface area contributed by atoms with Crippen LogP contribution < -0.4 is 5.73 Å². The van der Waals surface area contributed by atoms with Gasteiger partial charge in [0.15, 0.2) is 0 Å². The van der Waals surface area contributed by atoms with E-state index < -0.39 is 11.1 Å². The topological polar surface area (TPSA) is 64.7 Å². The van der Waals surface area contributed by atoms with Crippen LogP contribution in [0.2, 0.25) is 0 Å². The van der Waals surface area contributed by atoms with Gasteiger partial charge in [-0.3, -0.25) is 0 Å². The second-order valence-corrected chi connectivity index (χ2v) is 4.15. The standard InChI is InChI=1S/C9H17NO3/c10-8(2-1-4-12-6-8)9(11)3-5-13-7-9/h11H,1-7,10H2. The van der Waals surface area contributed by atoms with Crippen LogP contribution in [-0.2, 0) is 9.47 Å². The van der Waals surface area contributed by atoms with Gasteiger partial charge in [-0.2, -0.15) is 0 Å². The summed E-state index contributed by atoms with van der Waals surface area (Å²) in [5, 5.41) is 10.2. The Hall–Kier alpha value is -0.160. The molecule has 0 spiro atoms. The van der Waals surface area contributed by atoms with Gasteiger partial charge in [-0.1, -0.05) is 0 Å². The summed E-state index contributed by atoms with van der Waals surface area (Å²) in [6.45, 7) is 2.17. The first-order valence-electron chi connectivity index (χ1n) is 4.83. The summed E-state index contributed by atoms with van der Waals surface area (Å²) in [5.74, 6) is 0. The molecule has 0 radical (unpaired) electrons. The number of hydrogen-bond acceptors (Lipinski definition) is 4. The first-order valence-corrected chi connectivity index (χ1v) is 4.83. The van der Waals surface area contributed by atoms with Gasteiger partial charge in [-0.15, -0.1) is 0 Å². The van der Waals surface area contributed by atoms with Crippen molar-refractivity contribution in [3.05, 3.63) is 0 Å². The van der Waals surface area contributed by atoms with Gasteiger partial charge in [0.25, 0.3) is 0 Å². The van der Waals surface area contributed by atoms with Crippen molar-refractivity contribution in [2.75, 3.05) is 26.4 Å². The molecule has 2 fully saturated rings. The van der Waals surface area contributed by atoms with E-state index in [2.05, 4.69) is 0 Å². The Bertz CT molecular complexity index is 183. The molecule has 2 heterocycles. The van der Waals surface area contributed by atoms with Crippen molar-refractivity contribution in [3.8, 4) is 0 Å². The van der Waals surface area contributed by atoms with E-state index in [1.807, 2.05) is 0 Å². The van der Waals surface area contributed by atoms with Crippen LogP contribution in [0.3, 0.4) is 0 Å². The summed E-state index contributed by atoms with van der Waals surface area (Å²) in [5.41, 5.74) is 4.68. The SMILES string of the molecule is NC1(C2(O)CCOC2)CCCOC1. The van der Waals surface area contributed by atoms with Gasteiger partial charge in [0.05, 0.1) is 18.8 Å². The van der Waals surface area contributed by atoms with Crippen LogP contribution in [-0.4, -0.2) is 42.7 Å². The van der Waals surface area contributed by atoms with E-state index in [-0.39, 0.29) is 0 Å². The molecule has 0 amide bonds. The summed E-state index contributed by atoms with van der Waals surface area (Å²) in [7, 11) is 0. The third-order valence-electron chi connectivity index (χ3n) is 3.20. The van der Waals surface area contributed by atoms with E-state index >= 15 is 0 Å². The molecule has 0 aromatic heterocycles. The van der Waals surface area contributed by atoms with Crippen molar-refractivity contribution < 1.29 is 14.6 Å². The predicted molar refractivity (Wildman–Crippen MR) is 47.4 cm³/mol. The number of hydrogen-bond donors (Lipinski definition) is 2. The van der Waals surface area contributed by atoms with Crippen molar-refractivity contribution in [2.45, 2.75) is 30.4 Å². The van der Waals surface area contributed by atoms with Crippen molar-refractivity contribution in [1.82, 2.24) is 0 Å². The summed E-state index contributed by atoms with van der Waals surface area (Å²) in [4.78, 5) is 0.